The van der Waals surface area contributed by atoms with Gasteiger partial charge in [-0.15, -0.1) is 0 Å². The van der Waals surface area contributed by atoms with Crippen LogP contribution in [0.3, 0.4) is 0 Å². The number of hydrogen-bond acceptors (Lipinski definition) is 4. The highest BCUT2D eigenvalue weighted by Gasteiger charge is 2.26. The Morgan fingerprint density at radius 2 is 2.09 bits per heavy atom. The van der Waals surface area contributed by atoms with Crippen molar-refractivity contribution in [1.82, 2.24) is 29.0 Å². The molecule has 1 N–H and O–H groups in total. The molecular weight excluding hydrogens is 296 g/mol. The van der Waals surface area contributed by atoms with Gasteiger partial charge in [0.05, 0.1) is 5.52 Å². The third-order valence-corrected chi connectivity index (χ3v) is 4.32. The first-order chi connectivity index (χ1) is 11.2. The van der Waals surface area contributed by atoms with Gasteiger partial charge < -0.3 is 4.90 Å². The lowest BCUT2D eigenvalue weighted by Crippen LogP contribution is -2.42. The summed E-state index contributed by atoms with van der Waals surface area (Å²) in [7, 11) is 0. The van der Waals surface area contributed by atoms with Crippen molar-refractivity contribution < 1.29 is 4.79 Å². The van der Waals surface area contributed by atoms with Crippen LogP contribution in [-0.4, -0.2) is 48.1 Å². The molecule has 23 heavy (non-hydrogen) atoms. The van der Waals surface area contributed by atoms with E-state index in [0.717, 1.165) is 18.4 Å². The first kappa shape index (κ1) is 13.7. The molecule has 1 aliphatic heterocycles. The largest absolute Gasteiger partial charge is 0.329 e. The maximum absolute atomic E-state index is 12.3. The van der Waals surface area contributed by atoms with E-state index in [1.54, 1.807) is 28.1 Å². The smallest absolute Gasteiger partial charge is 0.324 e. The van der Waals surface area contributed by atoms with Crippen LogP contribution in [-0.2, 0) is 0 Å². The quantitative estimate of drug-likeness (QED) is 0.732. The predicted molar refractivity (Wildman–Crippen MR) is 83.2 cm³/mol. The normalized spacial score (nSPS) is 16.1. The van der Waals surface area contributed by atoms with Crippen LogP contribution < -0.4 is 5.69 Å². The summed E-state index contributed by atoms with van der Waals surface area (Å²) >= 11 is 0. The highest BCUT2D eigenvalue weighted by molar-refractivity contribution is 5.76. The van der Waals surface area contributed by atoms with Crippen molar-refractivity contribution in [2.24, 2.45) is 0 Å². The molecule has 8 nitrogen and oxygen atoms in total. The van der Waals surface area contributed by atoms with Gasteiger partial charge in [-0.05, 0) is 25.0 Å². The van der Waals surface area contributed by atoms with E-state index >= 15 is 0 Å². The van der Waals surface area contributed by atoms with Gasteiger partial charge >= 0.3 is 11.7 Å². The van der Waals surface area contributed by atoms with Crippen molar-refractivity contribution in [3.05, 3.63) is 47.5 Å². The van der Waals surface area contributed by atoms with E-state index in [1.165, 1.54) is 10.9 Å². The van der Waals surface area contributed by atoms with Gasteiger partial charge in [-0.1, -0.05) is 0 Å². The van der Waals surface area contributed by atoms with Crippen LogP contribution in [0.2, 0.25) is 0 Å². The number of pyridine rings is 1. The third-order valence-electron chi connectivity index (χ3n) is 4.32. The van der Waals surface area contributed by atoms with E-state index in [9.17, 15) is 9.59 Å². The van der Waals surface area contributed by atoms with Crippen molar-refractivity contribution in [1.29, 1.82) is 0 Å². The van der Waals surface area contributed by atoms with Crippen LogP contribution in [0.4, 0.5) is 4.79 Å². The van der Waals surface area contributed by atoms with Crippen LogP contribution >= 0.6 is 0 Å². The number of likely N-dealkylation sites (tertiary alicyclic amines) is 1. The SMILES string of the molecule is O=C(N1CCC(n2c(=O)[nH]c3ncccc32)CC1)n1ccnc1. The van der Waals surface area contributed by atoms with Gasteiger partial charge in [0.25, 0.3) is 0 Å². The fourth-order valence-electron chi connectivity index (χ4n) is 3.17. The molecule has 0 spiro atoms. The summed E-state index contributed by atoms with van der Waals surface area (Å²) < 4.78 is 3.24. The lowest BCUT2D eigenvalue weighted by molar-refractivity contribution is 0.173. The minimum absolute atomic E-state index is 0.0751. The predicted octanol–water partition coefficient (Wildman–Crippen LogP) is 1.23. The molecule has 118 valence electrons. The second-order valence-electron chi connectivity index (χ2n) is 5.64. The van der Waals surface area contributed by atoms with E-state index in [0.29, 0.717) is 18.7 Å². The fourth-order valence-corrected chi connectivity index (χ4v) is 3.17. The van der Waals surface area contributed by atoms with Crippen molar-refractivity contribution in [3.63, 3.8) is 0 Å². The number of nitrogens with zero attached hydrogens (tertiary/aromatic N) is 5. The number of hydrogen-bond donors (Lipinski definition) is 1. The molecule has 1 saturated heterocycles. The van der Waals surface area contributed by atoms with Gasteiger partial charge in [-0.25, -0.2) is 19.6 Å². The molecule has 0 aromatic carbocycles. The summed E-state index contributed by atoms with van der Waals surface area (Å²) in [6, 6.07) is 3.72. The van der Waals surface area contributed by atoms with Gasteiger partial charge in [0.1, 0.15) is 6.33 Å². The van der Waals surface area contributed by atoms with Gasteiger partial charge in [0.15, 0.2) is 5.65 Å². The Hall–Kier alpha value is -2.90. The molecule has 4 heterocycles. The standard InChI is InChI=1S/C15H16N6O2/c22-14-18-13-12(2-1-5-17-13)21(14)11-3-7-19(8-4-11)15(23)20-9-6-16-10-20/h1-2,5-6,9-11H,3-4,7-8H2,(H,17,18,22). The summed E-state index contributed by atoms with van der Waals surface area (Å²) in [5.74, 6) is 0. The molecule has 1 amide bonds. The first-order valence-corrected chi connectivity index (χ1v) is 7.56. The highest BCUT2D eigenvalue weighted by atomic mass is 16.2. The molecular formula is C15H16N6O2. The number of carbonyl (C=O) groups excluding carboxylic acids is 1. The van der Waals surface area contributed by atoms with Crippen LogP contribution in [0.1, 0.15) is 18.9 Å². The zero-order valence-electron chi connectivity index (χ0n) is 12.4. The lowest BCUT2D eigenvalue weighted by Gasteiger charge is -2.32. The maximum Gasteiger partial charge on any atom is 0.329 e. The fraction of sp³-hybridized carbons (Fsp3) is 0.333. The van der Waals surface area contributed by atoms with Crippen LogP contribution in [0.5, 0.6) is 0 Å². The molecule has 0 atom stereocenters. The number of piperidine rings is 1. The Kier molecular flexibility index (Phi) is 3.22. The van der Waals surface area contributed by atoms with Crippen molar-refractivity contribution in [2.75, 3.05) is 13.1 Å². The monoisotopic (exact) mass is 312 g/mol. The van der Waals surface area contributed by atoms with Gasteiger partial charge in [-0.3, -0.25) is 14.1 Å². The number of rotatable bonds is 1. The topological polar surface area (TPSA) is 88.8 Å². The third kappa shape index (κ3) is 2.32. The summed E-state index contributed by atoms with van der Waals surface area (Å²) in [5.41, 5.74) is 1.28. The molecule has 0 aliphatic carbocycles. The molecule has 0 saturated carbocycles. The van der Waals surface area contributed by atoms with Crippen molar-refractivity contribution in [3.8, 4) is 0 Å². The molecule has 3 aromatic heterocycles. The van der Waals surface area contributed by atoms with Crippen LogP contribution in [0, 0.1) is 0 Å². The lowest BCUT2D eigenvalue weighted by atomic mass is 10.0. The summed E-state index contributed by atoms with van der Waals surface area (Å²) in [6.45, 7) is 1.22. The van der Waals surface area contributed by atoms with E-state index in [1.807, 2.05) is 12.1 Å². The van der Waals surface area contributed by atoms with Crippen LogP contribution in [0.25, 0.3) is 11.2 Å². The Balaban J connectivity index is 1.54. The Bertz CT molecular complexity index is 886. The molecule has 8 heteroatoms. The number of aromatic nitrogens is 5. The van der Waals surface area contributed by atoms with Crippen molar-refractivity contribution in [2.45, 2.75) is 18.9 Å². The van der Waals surface area contributed by atoms with E-state index in [-0.39, 0.29) is 17.8 Å². The number of aromatic amines is 1. The van der Waals surface area contributed by atoms with Gasteiger partial charge in [0.2, 0.25) is 0 Å². The molecule has 1 aliphatic rings. The average molecular weight is 312 g/mol. The number of fused-ring (bicyclic) bond motifs is 1. The zero-order chi connectivity index (χ0) is 15.8. The first-order valence-electron chi connectivity index (χ1n) is 7.56. The molecule has 4 rings (SSSR count). The molecule has 3 aromatic rings. The summed E-state index contributed by atoms with van der Waals surface area (Å²) in [4.78, 5) is 37.2. The second-order valence-corrected chi connectivity index (χ2v) is 5.64. The van der Waals surface area contributed by atoms with Crippen molar-refractivity contribution >= 4 is 17.2 Å². The van der Waals surface area contributed by atoms with E-state index in [4.69, 9.17) is 0 Å². The molecule has 1 fully saturated rings. The molecule has 0 bridgehead atoms. The number of H-pyrrole nitrogens is 1. The van der Waals surface area contributed by atoms with Gasteiger partial charge in [0, 0.05) is 37.7 Å². The second kappa shape index (κ2) is 5.38. The van der Waals surface area contributed by atoms with E-state index < -0.39 is 0 Å². The number of nitrogens with one attached hydrogen (secondary N) is 1. The minimum Gasteiger partial charge on any atom is -0.324 e. The number of amides is 1. The maximum atomic E-state index is 12.3. The molecule has 0 unspecified atom stereocenters. The average Bonchev–Trinajstić information content (AvgIpc) is 3.21. The minimum atomic E-state index is -0.141. The number of carbonyl (C=O) groups is 1. The summed E-state index contributed by atoms with van der Waals surface area (Å²) in [5, 5.41) is 0. The zero-order valence-corrected chi connectivity index (χ0v) is 12.4. The number of imidazole rings is 2. The summed E-state index contributed by atoms with van der Waals surface area (Å²) in [6.07, 6.45) is 7.87. The van der Waals surface area contributed by atoms with E-state index in [2.05, 4.69) is 15.0 Å². The Labute approximate surface area is 131 Å². The van der Waals surface area contributed by atoms with Crippen LogP contribution in [0.15, 0.2) is 41.8 Å². The van der Waals surface area contributed by atoms with Gasteiger partial charge in [-0.2, -0.15) is 0 Å². The molecule has 0 radical (unpaired) electrons. The Morgan fingerprint density at radius 3 is 2.83 bits per heavy atom. The highest BCUT2D eigenvalue weighted by Crippen LogP contribution is 2.24. The Morgan fingerprint density at radius 1 is 1.26 bits per heavy atom.